The maximum absolute atomic E-state index is 11.8. The predicted octanol–water partition coefficient (Wildman–Crippen LogP) is 2.18. The van der Waals surface area contributed by atoms with Crippen LogP contribution in [0.15, 0.2) is 24.3 Å². The Hall–Kier alpha value is -1.55. The van der Waals surface area contributed by atoms with Gasteiger partial charge in [-0.3, -0.25) is 4.79 Å². The minimum Gasteiger partial charge on any atom is -0.493 e. The molecule has 4 nitrogen and oxygen atoms in total. The van der Waals surface area contributed by atoms with E-state index in [1.54, 1.807) is 0 Å². The molecular formula is C16H23NO3. The van der Waals surface area contributed by atoms with Gasteiger partial charge in [0.2, 0.25) is 5.91 Å². The maximum Gasteiger partial charge on any atom is 0.223 e. The first-order valence-electron chi connectivity index (χ1n) is 7.30. The molecule has 0 bridgehead atoms. The van der Waals surface area contributed by atoms with Gasteiger partial charge in [-0.15, -0.1) is 0 Å². The SMILES string of the molecule is Cc1cccc(OCCC(=O)NC2CCC(O)CC2)c1. The smallest absolute Gasteiger partial charge is 0.223 e. The van der Waals surface area contributed by atoms with Crippen LogP contribution in [0.5, 0.6) is 5.75 Å². The lowest BCUT2D eigenvalue weighted by atomic mass is 9.93. The monoisotopic (exact) mass is 277 g/mol. The topological polar surface area (TPSA) is 58.6 Å². The Morgan fingerprint density at radius 2 is 2.10 bits per heavy atom. The highest BCUT2D eigenvalue weighted by Gasteiger charge is 2.20. The van der Waals surface area contributed by atoms with Crippen LogP contribution in [0.4, 0.5) is 0 Å². The summed E-state index contributed by atoms with van der Waals surface area (Å²) in [6.07, 6.45) is 3.48. The number of aliphatic hydroxyl groups excluding tert-OH is 1. The lowest BCUT2D eigenvalue weighted by Gasteiger charge is -2.26. The number of amides is 1. The molecule has 110 valence electrons. The van der Waals surface area contributed by atoms with Crippen LogP contribution in [0, 0.1) is 6.92 Å². The average Bonchev–Trinajstić information content (AvgIpc) is 2.41. The van der Waals surface area contributed by atoms with Crippen molar-refractivity contribution in [1.82, 2.24) is 5.32 Å². The number of hydrogen-bond acceptors (Lipinski definition) is 3. The zero-order valence-electron chi connectivity index (χ0n) is 12.0. The molecule has 0 unspecified atom stereocenters. The molecule has 1 fully saturated rings. The molecule has 0 aromatic heterocycles. The van der Waals surface area contributed by atoms with Crippen LogP contribution in [-0.4, -0.2) is 29.8 Å². The van der Waals surface area contributed by atoms with Crippen molar-refractivity contribution < 1.29 is 14.6 Å². The quantitative estimate of drug-likeness (QED) is 0.867. The Bertz CT molecular complexity index is 439. The summed E-state index contributed by atoms with van der Waals surface area (Å²) in [5, 5.41) is 12.4. The number of benzene rings is 1. The standard InChI is InChI=1S/C16H23NO3/c1-12-3-2-4-15(11-12)20-10-9-16(19)17-13-5-7-14(18)8-6-13/h2-4,11,13-14,18H,5-10H2,1H3,(H,17,19). The largest absolute Gasteiger partial charge is 0.493 e. The second-order valence-corrected chi connectivity index (χ2v) is 5.49. The molecule has 1 aliphatic rings. The molecule has 20 heavy (non-hydrogen) atoms. The summed E-state index contributed by atoms with van der Waals surface area (Å²) in [6, 6.07) is 8.02. The van der Waals surface area contributed by atoms with Crippen LogP contribution in [0.3, 0.4) is 0 Å². The van der Waals surface area contributed by atoms with Crippen LogP contribution in [0.2, 0.25) is 0 Å². The van der Waals surface area contributed by atoms with Gasteiger partial charge in [-0.2, -0.15) is 0 Å². The lowest BCUT2D eigenvalue weighted by Crippen LogP contribution is -2.39. The van der Waals surface area contributed by atoms with E-state index < -0.39 is 0 Å². The van der Waals surface area contributed by atoms with E-state index in [4.69, 9.17) is 4.74 Å². The van der Waals surface area contributed by atoms with Crippen molar-refractivity contribution >= 4 is 5.91 Å². The van der Waals surface area contributed by atoms with Crippen molar-refractivity contribution in [3.05, 3.63) is 29.8 Å². The van der Waals surface area contributed by atoms with Gasteiger partial charge in [-0.25, -0.2) is 0 Å². The summed E-state index contributed by atoms with van der Waals surface area (Å²) >= 11 is 0. The second-order valence-electron chi connectivity index (χ2n) is 5.49. The molecule has 4 heteroatoms. The summed E-state index contributed by atoms with van der Waals surface area (Å²) in [7, 11) is 0. The van der Waals surface area contributed by atoms with Gasteiger partial charge >= 0.3 is 0 Å². The number of ether oxygens (including phenoxy) is 1. The number of aryl methyl sites for hydroxylation is 1. The van der Waals surface area contributed by atoms with Gasteiger partial charge in [0, 0.05) is 6.04 Å². The van der Waals surface area contributed by atoms with E-state index in [1.807, 2.05) is 31.2 Å². The van der Waals surface area contributed by atoms with E-state index in [9.17, 15) is 9.90 Å². The third-order valence-corrected chi connectivity index (χ3v) is 3.65. The predicted molar refractivity (Wildman–Crippen MR) is 77.7 cm³/mol. The zero-order chi connectivity index (χ0) is 14.4. The van der Waals surface area contributed by atoms with E-state index >= 15 is 0 Å². The second kappa shape index (κ2) is 7.29. The fraction of sp³-hybridized carbons (Fsp3) is 0.562. The molecule has 0 radical (unpaired) electrons. The van der Waals surface area contributed by atoms with E-state index in [0.717, 1.165) is 37.0 Å². The fourth-order valence-electron chi connectivity index (χ4n) is 2.49. The van der Waals surface area contributed by atoms with Crippen LogP contribution in [-0.2, 0) is 4.79 Å². The highest BCUT2D eigenvalue weighted by molar-refractivity contribution is 5.76. The lowest BCUT2D eigenvalue weighted by molar-refractivity contribution is -0.122. The number of carbonyl (C=O) groups excluding carboxylic acids is 1. The van der Waals surface area contributed by atoms with E-state index in [1.165, 1.54) is 0 Å². The molecule has 1 aromatic rings. The molecule has 2 rings (SSSR count). The Morgan fingerprint density at radius 3 is 2.80 bits per heavy atom. The van der Waals surface area contributed by atoms with Crippen molar-refractivity contribution in [2.45, 2.75) is 51.2 Å². The van der Waals surface area contributed by atoms with Gasteiger partial charge in [0.1, 0.15) is 5.75 Å². The van der Waals surface area contributed by atoms with Crippen LogP contribution in [0.1, 0.15) is 37.7 Å². The van der Waals surface area contributed by atoms with Crippen molar-refractivity contribution in [1.29, 1.82) is 0 Å². The molecule has 1 saturated carbocycles. The summed E-state index contributed by atoms with van der Waals surface area (Å²) in [5.74, 6) is 0.831. The normalized spacial score (nSPS) is 22.3. The Kier molecular flexibility index (Phi) is 5.41. The van der Waals surface area contributed by atoms with Gasteiger partial charge in [0.05, 0.1) is 19.1 Å². The van der Waals surface area contributed by atoms with Crippen LogP contribution in [0.25, 0.3) is 0 Å². The fourth-order valence-corrected chi connectivity index (χ4v) is 2.49. The Balaban J connectivity index is 1.65. The molecule has 0 saturated heterocycles. The molecule has 0 heterocycles. The van der Waals surface area contributed by atoms with E-state index in [0.29, 0.717) is 13.0 Å². The summed E-state index contributed by atoms with van der Waals surface area (Å²) < 4.78 is 5.56. The van der Waals surface area contributed by atoms with Gasteiger partial charge < -0.3 is 15.2 Å². The van der Waals surface area contributed by atoms with E-state index in [-0.39, 0.29) is 18.1 Å². The molecule has 2 N–H and O–H groups in total. The number of aliphatic hydroxyl groups is 1. The highest BCUT2D eigenvalue weighted by atomic mass is 16.5. The molecule has 0 atom stereocenters. The first-order valence-corrected chi connectivity index (χ1v) is 7.30. The molecule has 0 aliphatic heterocycles. The first kappa shape index (κ1) is 14.9. The molecule has 0 spiro atoms. The Labute approximate surface area is 120 Å². The minimum absolute atomic E-state index is 0.0269. The molecule has 1 amide bonds. The molecule has 1 aromatic carbocycles. The summed E-state index contributed by atoms with van der Waals surface area (Å²) in [5.41, 5.74) is 1.15. The molecular weight excluding hydrogens is 254 g/mol. The zero-order valence-corrected chi connectivity index (χ0v) is 12.0. The number of carbonyl (C=O) groups is 1. The van der Waals surface area contributed by atoms with Gasteiger partial charge in [0.25, 0.3) is 0 Å². The minimum atomic E-state index is -0.187. The van der Waals surface area contributed by atoms with Crippen molar-refractivity contribution in [3.8, 4) is 5.75 Å². The van der Waals surface area contributed by atoms with E-state index in [2.05, 4.69) is 5.32 Å². The average molecular weight is 277 g/mol. The summed E-state index contributed by atoms with van der Waals surface area (Å²) in [6.45, 7) is 2.40. The van der Waals surface area contributed by atoms with Crippen molar-refractivity contribution in [2.24, 2.45) is 0 Å². The Morgan fingerprint density at radius 1 is 1.35 bits per heavy atom. The third-order valence-electron chi connectivity index (χ3n) is 3.65. The molecule has 1 aliphatic carbocycles. The highest BCUT2D eigenvalue weighted by Crippen LogP contribution is 2.18. The first-order chi connectivity index (χ1) is 9.63. The van der Waals surface area contributed by atoms with Gasteiger partial charge in [0.15, 0.2) is 0 Å². The number of nitrogens with one attached hydrogen (secondary N) is 1. The maximum atomic E-state index is 11.8. The third kappa shape index (κ3) is 4.85. The van der Waals surface area contributed by atoms with Crippen LogP contribution < -0.4 is 10.1 Å². The number of hydrogen-bond donors (Lipinski definition) is 2. The van der Waals surface area contributed by atoms with Gasteiger partial charge in [-0.05, 0) is 50.3 Å². The van der Waals surface area contributed by atoms with Crippen molar-refractivity contribution in [3.63, 3.8) is 0 Å². The number of rotatable bonds is 5. The van der Waals surface area contributed by atoms with Gasteiger partial charge in [-0.1, -0.05) is 12.1 Å². The van der Waals surface area contributed by atoms with Crippen LogP contribution >= 0.6 is 0 Å². The summed E-state index contributed by atoms with van der Waals surface area (Å²) in [4.78, 5) is 11.8. The van der Waals surface area contributed by atoms with Crippen molar-refractivity contribution in [2.75, 3.05) is 6.61 Å².